The number of hydrogen-bond acceptors (Lipinski definition) is 17. The lowest BCUT2D eigenvalue weighted by Crippen LogP contribution is -2.61. The Labute approximate surface area is 524 Å². The molecule has 0 aromatic heterocycles. The number of rotatable bonds is 42. The van der Waals surface area contributed by atoms with Gasteiger partial charge in [0.15, 0.2) is 5.96 Å². The number of hydrogen-bond donors (Lipinski definition) is 16. The molecule has 1 rings (SSSR count). The van der Waals surface area contributed by atoms with Crippen molar-refractivity contribution in [1.82, 2.24) is 52.8 Å². The highest BCUT2D eigenvalue weighted by molar-refractivity contribution is 7.98. The largest absolute Gasteiger partial charge is 0.481 e. The van der Waals surface area contributed by atoms with Crippen molar-refractivity contribution in [2.75, 3.05) is 31.7 Å². The van der Waals surface area contributed by atoms with E-state index in [1.165, 1.54) is 11.8 Å². The first kappa shape index (κ1) is 79.7. The average molecular weight is 1290 g/mol. The number of thioether (sulfide) groups is 1. The molecule has 10 amide bonds. The molecule has 1 aliphatic heterocycles. The lowest BCUT2D eigenvalue weighted by atomic mass is 9.99. The van der Waals surface area contributed by atoms with E-state index in [0.29, 0.717) is 12.2 Å². The molecule has 19 N–H and O–H groups in total. The van der Waals surface area contributed by atoms with E-state index in [1.54, 1.807) is 75.5 Å². The summed E-state index contributed by atoms with van der Waals surface area (Å²) < 4.78 is 0. The zero-order valence-electron chi connectivity index (χ0n) is 53.2. The molecular weight excluding hydrogens is 1180 g/mol. The smallest absolute Gasteiger partial charge is 0.326 e. The van der Waals surface area contributed by atoms with E-state index < -0.39 is 175 Å². The van der Waals surface area contributed by atoms with Crippen LogP contribution in [-0.4, -0.2) is 206 Å². The van der Waals surface area contributed by atoms with Gasteiger partial charge in [0.05, 0.1) is 19.1 Å². The summed E-state index contributed by atoms with van der Waals surface area (Å²) in [6.07, 6.45) is 0.538. The summed E-state index contributed by atoms with van der Waals surface area (Å²) in [4.78, 5) is 179. The molecule has 89 heavy (non-hydrogen) atoms. The van der Waals surface area contributed by atoms with Crippen LogP contribution < -0.4 is 65.1 Å². The fraction of sp³-hybridized carbons (Fsp3) is 0.754. The van der Waals surface area contributed by atoms with Crippen LogP contribution in [0, 0.1) is 29.6 Å². The zero-order valence-corrected chi connectivity index (χ0v) is 54.0. The van der Waals surface area contributed by atoms with Crippen molar-refractivity contribution in [3.63, 3.8) is 0 Å². The molecule has 0 aromatic carbocycles. The second-order valence-corrected chi connectivity index (χ2v) is 25.3. The van der Waals surface area contributed by atoms with Crippen LogP contribution in [0.3, 0.4) is 0 Å². The number of amides is 10. The van der Waals surface area contributed by atoms with Crippen LogP contribution in [0.2, 0.25) is 0 Å². The number of aliphatic carboxylic acids is 3. The number of carboxylic acids is 3. The van der Waals surface area contributed by atoms with Crippen LogP contribution in [0.15, 0.2) is 4.99 Å². The van der Waals surface area contributed by atoms with Crippen molar-refractivity contribution < 1.29 is 82.8 Å². The molecule has 1 heterocycles. The van der Waals surface area contributed by atoms with Crippen LogP contribution in [0.1, 0.15) is 146 Å². The number of aliphatic hydroxyl groups is 1. The molecule has 0 radical (unpaired) electrons. The highest BCUT2D eigenvalue weighted by Gasteiger charge is 2.41. The lowest BCUT2D eigenvalue weighted by molar-refractivity contribution is -0.146. The van der Waals surface area contributed by atoms with Gasteiger partial charge in [0.1, 0.15) is 60.4 Å². The third kappa shape index (κ3) is 30.1. The average Bonchev–Trinajstić information content (AvgIpc) is 1.98. The Hall–Kier alpha value is -7.35. The Morgan fingerprint density at radius 3 is 1.30 bits per heavy atom. The molecule has 0 bridgehead atoms. The number of carbonyl (C=O) groups is 13. The number of carbonyl (C=O) groups excluding carboxylic acids is 10. The van der Waals surface area contributed by atoms with Gasteiger partial charge in [-0.25, -0.2) is 4.79 Å². The highest BCUT2D eigenvalue weighted by atomic mass is 32.2. The molecular formula is C57H100N14O17S. The molecule has 0 saturated carbocycles. The van der Waals surface area contributed by atoms with Gasteiger partial charge in [-0.1, -0.05) is 69.2 Å². The monoisotopic (exact) mass is 1280 g/mol. The fourth-order valence-corrected chi connectivity index (χ4v) is 10.0. The molecule has 11 atom stereocenters. The van der Waals surface area contributed by atoms with Gasteiger partial charge in [0.2, 0.25) is 59.1 Å². The summed E-state index contributed by atoms with van der Waals surface area (Å²) in [5, 5.41) is 61.9. The molecule has 31 nitrogen and oxygen atoms in total. The van der Waals surface area contributed by atoms with Crippen molar-refractivity contribution >= 4 is 94.7 Å². The Balaban J connectivity index is 3.58. The lowest BCUT2D eigenvalue weighted by Gasteiger charge is -2.31. The van der Waals surface area contributed by atoms with Crippen molar-refractivity contribution in [2.45, 2.75) is 213 Å². The number of likely N-dealkylation sites (tertiary alicyclic amines) is 1. The van der Waals surface area contributed by atoms with Gasteiger partial charge in [-0.3, -0.25) is 62.5 Å². The number of nitrogens with zero attached hydrogens (tertiary/aromatic N) is 2. The molecule has 32 heteroatoms. The maximum atomic E-state index is 14.5. The predicted octanol–water partition coefficient (Wildman–Crippen LogP) is -2.27. The summed E-state index contributed by atoms with van der Waals surface area (Å²) in [5.41, 5.74) is 16.9. The standard InChI is InChI=1S/C57H100N14O17S/c1-28(2)22-37(65-46(77)33(58)26-44(75)76)49(80)63-35(18-21-89-11)48(79)67-39(24-30(5)6)51(82)68-38(23-29(3)4)50(81)62-34(14-12-19-61-57(59)60)47(78)66-40(25-31(7)8)52(83)69-41(27-72)53(84)64-36(16-17-43(73)74)55(86)71-20-13-15-42(71)54(85)70-45(32(9)10)56(87)88/h28-42,45,72H,12-27,58H2,1-11H3,(H,62,81)(H,63,80)(H,64,84)(H,65,77)(H,66,78)(H,67,79)(H,68,82)(H,69,83)(H,70,85)(H,73,74)(H,75,76)(H,87,88)(H4,59,60,61)/t33-,34-,35-,36-,37-,38-,39-,40-,41-,42-,45-/m0/s1. The topological polar surface area (TPSA) is 505 Å². The van der Waals surface area contributed by atoms with E-state index in [9.17, 15) is 77.6 Å². The first-order valence-corrected chi connectivity index (χ1v) is 31.5. The van der Waals surface area contributed by atoms with Crippen LogP contribution in [0.4, 0.5) is 0 Å². The van der Waals surface area contributed by atoms with Gasteiger partial charge >= 0.3 is 17.9 Å². The van der Waals surface area contributed by atoms with Crippen LogP contribution in [0.25, 0.3) is 0 Å². The van der Waals surface area contributed by atoms with Gasteiger partial charge in [-0.2, -0.15) is 11.8 Å². The predicted molar refractivity (Wildman–Crippen MR) is 329 cm³/mol. The first-order valence-electron chi connectivity index (χ1n) is 30.1. The molecule has 1 saturated heterocycles. The number of nitrogens with two attached hydrogens (primary N) is 3. The van der Waals surface area contributed by atoms with E-state index in [4.69, 9.17) is 22.3 Å². The van der Waals surface area contributed by atoms with Crippen LogP contribution in [-0.2, 0) is 62.3 Å². The molecule has 0 spiro atoms. The maximum absolute atomic E-state index is 14.5. The summed E-state index contributed by atoms with van der Waals surface area (Å²) in [7, 11) is 0. The van der Waals surface area contributed by atoms with Crippen molar-refractivity contribution in [3.8, 4) is 0 Å². The van der Waals surface area contributed by atoms with E-state index in [2.05, 4.69) is 52.8 Å². The SMILES string of the molecule is CSCC[C@H](NC(=O)[C@H](CC(C)C)NC(=O)[C@@H](N)CC(=O)O)C(=O)N[C@@H](CC(C)C)C(=O)N[C@@H](CC(C)C)C(=O)N[C@@H](CCCN=C(N)N)C(=O)N[C@@H](CC(C)C)C(=O)N[C@@H](CO)C(=O)N[C@@H](CCC(=O)O)C(=O)N1CCC[C@H]1C(=O)N[C@H](C(=O)O)C(C)C. The second kappa shape index (κ2) is 40.3. The number of nitrogens with one attached hydrogen (secondary N) is 9. The molecule has 0 aromatic rings. The van der Waals surface area contributed by atoms with Crippen LogP contribution >= 0.6 is 11.8 Å². The van der Waals surface area contributed by atoms with Gasteiger partial charge < -0.3 is 90.4 Å². The Morgan fingerprint density at radius 1 is 0.528 bits per heavy atom. The molecule has 1 fully saturated rings. The number of aliphatic imine (C=N–C) groups is 1. The summed E-state index contributed by atoms with van der Waals surface area (Å²) in [5.74, 6) is -14.0. The number of aliphatic hydroxyl groups excluding tert-OH is 1. The fourth-order valence-electron chi connectivity index (χ4n) is 9.54. The first-order chi connectivity index (χ1) is 41.5. The molecule has 506 valence electrons. The minimum Gasteiger partial charge on any atom is -0.481 e. The molecule has 1 aliphatic rings. The summed E-state index contributed by atoms with van der Waals surface area (Å²) in [6.45, 7) is 16.2. The van der Waals surface area contributed by atoms with E-state index in [-0.39, 0.29) is 94.1 Å². The Morgan fingerprint density at radius 2 is 0.921 bits per heavy atom. The number of carboxylic acid groups (broad SMARTS) is 3. The zero-order chi connectivity index (χ0) is 68.0. The van der Waals surface area contributed by atoms with E-state index in [0.717, 1.165) is 4.90 Å². The van der Waals surface area contributed by atoms with Crippen molar-refractivity contribution in [1.29, 1.82) is 0 Å². The Kier molecular flexibility index (Phi) is 36.1. The summed E-state index contributed by atoms with van der Waals surface area (Å²) >= 11 is 1.37. The van der Waals surface area contributed by atoms with Gasteiger partial charge in [-0.05, 0) is 106 Å². The summed E-state index contributed by atoms with van der Waals surface area (Å²) in [6, 6.07) is -15.3. The minimum atomic E-state index is -1.80. The second-order valence-electron chi connectivity index (χ2n) is 24.3. The third-order valence-electron chi connectivity index (χ3n) is 14.1. The van der Waals surface area contributed by atoms with E-state index >= 15 is 0 Å². The van der Waals surface area contributed by atoms with E-state index in [1.807, 2.05) is 0 Å². The normalized spacial score (nSPS) is 16.5. The molecule has 0 aliphatic carbocycles. The maximum Gasteiger partial charge on any atom is 0.326 e. The third-order valence-corrected chi connectivity index (χ3v) is 14.7. The number of guanidine groups is 1. The minimum absolute atomic E-state index is 0.000641. The Bertz CT molecular complexity index is 2440. The van der Waals surface area contributed by atoms with Crippen LogP contribution in [0.5, 0.6) is 0 Å². The highest BCUT2D eigenvalue weighted by Crippen LogP contribution is 2.21. The van der Waals surface area contributed by atoms with Crippen molar-refractivity contribution in [3.05, 3.63) is 0 Å². The van der Waals surface area contributed by atoms with Gasteiger partial charge in [0, 0.05) is 19.5 Å². The van der Waals surface area contributed by atoms with Gasteiger partial charge in [-0.15, -0.1) is 0 Å². The van der Waals surface area contributed by atoms with Gasteiger partial charge in [0.25, 0.3) is 0 Å². The quantitative estimate of drug-likeness (QED) is 0.0174. The molecule has 0 unspecified atom stereocenters. The van der Waals surface area contributed by atoms with Crippen molar-refractivity contribution in [2.24, 2.45) is 51.8 Å².